The second kappa shape index (κ2) is 5.86. The molecule has 19 heavy (non-hydrogen) atoms. The lowest BCUT2D eigenvalue weighted by molar-refractivity contribution is -0.121. The van der Waals surface area contributed by atoms with E-state index in [-0.39, 0.29) is 11.9 Å². The van der Waals surface area contributed by atoms with E-state index in [0.717, 1.165) is 37.3 Å². The monoisotopic (exact) mass is 263 g/mol. The van der Waals surface area contributed by atoms with Gasteiger partial charge in [-0.3, -0.25) is 4.79 Å². The minimum atomic E-state index is -0.118. The first-order valence-corrected chi connectivity index (χ1v) is 6.73. The molecular weight excluding hydrogens is 242 g/mol. The van der Waals surface area contributed by atoms with Gasteiger partial charge in [0.2, 0.25) is 11.9 Å². The lowest BCUT2D eigenvalue weighted by Gasteiger charge is -2.26. The number of nitrogens with zero attached hydrogens (tertiary/aromatic N) is 3. The van der Waals surface area contributed by atoms with Crippen LogP contribution in [0, 0.1) is 6.92 Å². The van der Waals surface area contributed by atoms with Gasteiger partial charge in [-0.05, 0) is 26.7 Å². The summed E-state index contributed by atoms with van der Waals surface area (Å²) in [5.41, 5.74) is 0.998. The zero-order valence-corrected chi connectivity index (χ0v) is 11.7. The summed E-state index contributed by atoms with van der Waals surface area (Å²) in [5, 5.41) is 5.83. The summed E-state index contributed by atoms with van der Waals surface area (Å²) >= 11 is 0. The second-order valence-electron chi connectivity index (χ2n) is 4.70. The molecule has 104 valence electrons. The van der Waals surface area contributed by atoms with Crippen molar-refractivity contribution in [3.63, 3.8) is 0 Å². The van der Waals surface area contributed by atoms with Crippen LogP contribution >= 0.6 is 0 Å². The summed E-state index contributed by atoms with van der Waals surface area (Å²) in [7, 11) is 1.68. The zero-order chi connectivity index (χ0) is 13.8. The van der Waals surface area contributed by atoms with Gasteiger partial charge < -0.3 is 15.5 Å². The van der Waals surface area contributed by atoms with E-state index in [1.54, 1.807) is 13.2 Å². The van der Waals surface area contributed by atoms with Crippen molar-refractivity contribution in [3.8, 4) is 0 Å². The molecule has 0 saturated carbocycles. The smallest absolute Gasteiger partial charge is 0.242 e. The molecule has 1 saturated heterocycles. The number of likely N-dealkylation sites (N-methyl/N-ethyl adjacent to an activating group) is 1. The predicted octanol–water partition coefficient (Wildman–Crippen LogP) is 0.932. The van der Waals surface area contributed by atoms with Crippen molar-refractivity contribution in [2.45, 2.75) is 32.7 Å². The third-order valence-corrected chi connectivity index (χ3v) is 3.35. The standard InChI is InChI=1S/C13H21N5O/c1-4-15-13-16-8-9(2)11(17-13)18-7-5-6-10(18)12(19)14-3/h8,10H,4-7H2,1-3H3,(H,14,19)(H,15,16,17). The lowest BCUT2D eigenvalue weighted by atomic mass is 10.2. The number of hydrogen-bond acceptors (Lipinski definition) is 5. The Morgan fingerprint density at radius 3 is 3.05 bits per heavy atom. The summed E-state index contributed by atoms with van der Waals surface area (Å²) in [4.78, 5) is 22.8. The molecule has 2 N–H and O–H groups in total. The maximum absolute atomic E-state index is 11.9. The summed E-state index contributed by atoms with van der Waals surface area (Å²) in [6, 6.07) is -0.118. The fourth-order valence-electron chi connectivity index (χ4n) is 2.43. The Morgan fingerprint density at radius 2 is 2.37 bits per heavy atom. The number of amides is 1. The molecule has 0 radical (unpaired) electrons. The molecule has 6 nitrogen and oxygen atoms in total. The molecular formula is C13H21N5O. The average molecular weight is 263 g/mol. The number of carbonyl (C=O) groups is 1. The topological polar surface area (TPSA) is 70.2 Å². The van der Waals surface area contributed by atoms with Crippen LogP contribution in [0.5, 0.6) is 0 Å². The van der Waals surface area contributed by atoms with Crippen LogP contribution in [0.2, 0.25) is 0 Å². The average Bonchev–Trinajstić information content (AvgIpc) is 2.89. The van der Waals surface area contributed by atoms with Crippen LogP contribution in [0.4, 0.5) is 11.8 Å². The van der Waals surface area contributed by atoms with E-state index in [1.807, 2.05) is 13.8 Å². The van der Waals surface area contributed by atoms with Crippen molar-refractivity contribution in [1.82, 2.24) is 15.3 Å². The normalized spacial score (nSPS) is 18.5. The minimum absolute atomic E-state index is 0.0560. The SMILES string of the molecule is CCNc1ncc(C)c(N2CCCC2C(=O)NC)n1. The maximum Gasteiger partial charge on any atom is 0.242 e. The number of hydrogen-bond donors (Lipinski definition) is 2. The van der Waals surface area contributed by atoms with Gasteiger partial charge in [0.25, 0.3) is 0 Å². The molecule has 2 rings (SSSR count). The predicted molar refractivity (Wildman–Crippen MR) is 75.4 cm³/mol. The van der Waals surface area contributed by atoms with Crippen molar-refractivity contribution in [3.05, 3.63) is 11.8 Å². The zero-order valence-electron chi connectivity index (χ0n) is 11.7. The van der Waals surface area contributed by atoms with Gasteiger partial charge in [0.05, 0.1) is 0 Å². The van der Waals surface area contributed by atoms with E-state index in [4.69, 9.17) is 0 Å². The van der Waals surface area contributed by atoms with E-state index < -0.39 is 0 Å². The summed E-state index contributed by atoms with van der Waals surface area (Å²) < 4.78 is 0. The van der Waals surface area contributed by atoms with Gasteiger partial charge in [0, 0.05) is 31.9 Å². The van der Waals surface area contributed by atoms with Crippen LogP contribution in [0.15, 0.2) is 6.20 Å². The van der Waals surface area contributed by atoms with Gasteiger partial charge in [-0.15, -0.1) is 0 Å². The molecule has 1 aliphatic heterocycles. The fraction of sp³-hybridized carbons (Fsp3) is 0.615. The Balaban J connectivity index is 2.29. The van der Waals surface area contributed by atoms with E-state index >= 15 is 0 Å². The van der Waals surface area contributed by atoms with Crippen LogP contribution in [0.1, 0.15) is 25.3 Å². The Labute approximate surface area is 113 Å². The summed E-state index contributed by atoms with van der Waals surface area (Å²) in [6.07, 6.45) is 3.69. The maximum atomic E-state index is 11.9. The molecule has 2 heterocycles. The minimum Gasteiger partial charge on any atom is -0.357 e. The highest BCUT2D eigenvalue weighted by molar-refractivity contribution is 5.85. The largest absolute Gasteiger partial charge is 0.357 e. The number of anilines is 2. The summed E-state index contributed by atoms with van der Waals surface area (Å²) in [5.74, 6) is 1.53. The number of carbonyl (C=O) groups excluding carboxylic acids is 1. The molecule has 1 aromatic rings. The van der Waals surface area contributed by atoms with E-state index in [9.17, 15) is 4.79 Å². The molecule has 1 amide bonds. The number of nitrogens with one attached hydrogen (secondary N) is 2. The van der Waals surface area contributed by atoms with Crippen LogP contribution in [0.25, 0.3) is 0 Å². The van der Waals surface area contributed by atoms with Gasteiger partial charge in [-0.25, -0.2) is 4.98 Å². The lowest BCUT2D eigenvalue weighted by Crippen LogP contribution is -2.42. The molecule has 1 aromatic heterocycles. The van der Waals surface area contributed by atoms with Gasteiger partial charge in [0.15, 0.2) is 0 Å². The molecule has 0 aromatic carbocycles. The Bertz CT molecular complexity index is 462. The molecule has 0 aliphatic carbocycles. The van der Waals surface area contributed by atoms with Gasteiger partial charge in [0.1, 0.15) is 11.9 Å². The number of aromatic nitrogens is 2. The number of aryl methyl sites for hydroxylation is 1. The molecule has 1 aliphatic rings. The first-order chi connectivity index (χ1) is 9.17. The highest BCUT2D eigenvalue weighted by atomic mass is 16.2. The van der Waals surface area contributed by atoms with Gasteiger partial charge in [-0.2, -0.15) is 4.98 Å². The third kappa shape index (κ3) is 2.77. The van der Waals surface area contributed by atoms with Crippen LogP contribution in [-0.2, 0) is 4.79 Å². The quantitative estimate of drug-likeness (QED) is 0.845. The summed E-state index contributed by atoms with van der Waals surface area (Å²) in [6.45, 7) is 5.62. The molecule has 0 spiro atoms. The number of rotatable bonds is 4. The fourth-order valence-corrected chi connectivity index (χ4v) is 2.43. The van der Waals surface area contributed by atoms with Gasteiger partial charge in [-0.1, -0.05) is 0 Å². The van der Waals surface area contributed by atoms with Crippen molar-refractivity contribution in [2.24, 2.45) is 0 Å². The highest BCUT2D eigenvalue weighted by Crippen LogP contribution is 2.27. The second-order valence-corrected chi connectivity index (χ2v) is 4.70. The molecule has 6 heteroatoms. The van der Waals surface area contributed by atoms with Crippen LogP contribution in [-0.4, -0.2) is 42.1 Å². The molecule has 1 unspecified atom stereocenters. The molecule has 0 bridgehead atoms. The van der Waals surface area contributed by atoms with Crippen molar-refractivity contribution in [2.75, 3.05) is 30.4 Å². The molecule has 1 fully saturated rings. The first-order valence-electron chi connectivity index (χ1n) is 6.73. The van der Waals surface area contributed by atoms with Gasteiger partial charge >= 0.3 is 0 Å². The Hall–Kier alpha value is -1.85. The highest BCUT2D eigenvalue weighted by Gasteiger charge is 2.32. The Kier molecular flexibility index (Phi) is 4.19. The molecule has 1 atom stereocenters. The van der Waals surface area contributed by atoms with Crippen LogP contribution < -0.4 is 15.5 Å². The van der Waals surface area contributed by atoms with E-state index in [1.165, 1.54) is 0 Å². The van der Waals surface area contributed by atoms with Crippen molar-refractivity contribution < 1.29 is 4.79 Å². The third-order valence-electron chi connectivity index (χ3n) is 3.35. The van der Waals surface area contributed by atoms with Crippen molar-refractivity contribution in [1.29, 1.82) is 0 Å². The van der Waals surface area contributed by atoms with Crippen LogP contribution in [0.3, 0.4) is 0 Å². The van der Waals surface area contributed by atoms with E-state index in [0.29, 0.717) is 5.95 Å². The van der Waals surface area contributed by atoms with Crippen molar-refractivity contribution >= 4 is 17.7 Å². The first kappa shape index (κ1) is 13.6. The van der Waals surface area contributed by atoms with E-state index in [2.05, 4.69) is 25.5 Å². The Morgan fingerprint density at radius 1 is 1.58 bits per heavy atom.